The van der Waals surface area contributed by atoms with Gasteiger partial charge in [0.1, 0.15) is 17.0 Å². The molecule has 0 unspecified atom stereocenters. The molecule has 0 saturated carbocycles. The molecule has 2 aromatic heterocycles. The maximum atomic E-state index is 11.7. The van der Waals surface area contributed by atoms with E-state index in [4.69, 9.17) is 0 Å². The molecular weight excluding hydrogens is 284 g/mol. The zero-order valence-electron chi connectivity index (χ0n) is 11.9. The van der Waals surface area contributed by atoms with Gasteiger partial charge in [0, 0.05) is 18.0 Å². The quantitative estimate of drug-likeness (QED) is 0.817. The summed E-state index contributed by atoms with van der Waals surface area (Å²) in [4.78, 5) is 25.3. The minimum absolute atomic E-state index is 0.0781. The van der Waals surface area contributed by atoms with E-state index in [1.807, 2.05) is 11.3 Å². The number of fused-ring (bicyclic) bond motifs is 3. The van der Waals surface area contributed by atoms with E-state index in [-0.39, 0.29) is 5.91 Å². The second-order valence-corrected chi connectivity index (χ2v) is 6.80. The van der Waals surface area contributed by atoms with Gasteiger partial charge in [-0.15, -0.1) is 11.3 Å². The lowest BCUT2D eigenvalue weighted by molar-refractivity contribution is -0.120. The van der Waals surface area contributed by atoms with E-state index in [0.717, 1.165) is 30.0 Å². The molecule has 3 heterocycles. The first-order chi connectivity index (χ1) is 10.3. The molecule has 2 aliphatic rings. The Balaban J connectivity index is 1.84. The highest BCUT2D eigenvalue weighted by molar-refractivity contribution is 7.18. The van der Waals surface area contributed by atoms with Crippen LogP contribution < -0.4 is 10.2 Å². The molecule has 6 heteroatoms. The van der Waals surface area contributed by atoms with Crippen LogP contribution in [0.1, 0.15) is 29.7 Å². The number of aryl methyl sites for hydroxylation is 2. The topological polar surface area (TPSA) is 58.1 Å². The summed E-state index contributed by atoms with van der Waals surface area (Å²) in [6, 6.07) is 0. The number of rotatable bonds is 1. The number of anilines is 1. The van der Waals surface area contributed by atoms with Crippen LogP contribution in [-0.2, 0) is 17.6 Å². The van der Waals surface area contributed by atoms with Crippen LogP contribution in [0.3, 0.4) is 0 Å². The van der Waals surface area contributed by atoms with Crippen LogP contribution in [-0.4, -0.2) is 35.5 Å². The number of carbonyl (C=O) groups is 1. The van der Waals surface area contributed by atoms with Gasteiger partial charge in [-0.3, -0.25) is 4.79 Å². The molecule has 0 spiro atoms. The van der Waals surface area contributed by atoms with Crippen LogP contribution in [0.2, 0.25) is 0 Å². The first-order valence-electron chi connectivity index (χ1n) is 7.60. The zero-order valence-corrected chi connectivity index (χ0v) is 12.7. The van der Waals surface area contributed by atoms with E-state index in [9.17, 15) is 4.79 Å². The van der Waals surface area contributed by atoms with E-state index in [1.165, 1.54) is 35.1 Å². The van der Waals surface area contributed by atoms with Gasteiger partial charge in [-0.2, -0.15) is 0 Å². The van der Waals surface area contributed by atoms with Gasteiger partial charge in [-0.1, -0.05) is 6.42 Å². The van der Waals surface area contributed by atoms with Crippen LogP contribution in [0.4, 0.5) is 5.82 Å². The number of hydrogen-bond donors (Lipinski definition) is 1. The maximum Gasteiger partial charge on any atom is 0.239 e. The number of nitrogens with zero attached hydrogens (tertiary/aromatic N) is 3. The third-order valence-electron chi connectivity index (χ3n) is 4.32. The third kappa shape index (κ3) is 2.27. The van der Waals surface area contributed by atoms with Crippen molar-refractivity contribution in [3.05, 3.63) is 16.8 Å². The number of thiophene rings is 1. The second kappa shape index (κ2) is 5.26. The van der Waals surface area contributed by atoms with Gasteiger partial charge in [0.05, 0.1) is 11.9 Å². The molecule has 0 atom stereocenters. The zero-order chi connectivity index (χ0) is 14.2. The van der Waals surface area contributed by atoms with E-state index < -0.39 is 0 Å². The van der Waals surface area contributed by atoms with E-state index in [1.54, 1.807) is 6.33 Å². The average Bonchev–Trinajstić information content (AvgIpc) is 2.69. The molecule has 21 heavy (non-hydrogen) atoms. The summed E-state index contributed by atoms with van der Waals surface area (Å²) in [5.41, 5.74) is 1.44. The first kappa shape index (κ1) is 13.0. The number of amides is 1. The van der Waals surface area contributed by atoms with Gasteiger partial charge in [0.25, 0.3) is 0 Å². The van der Waals surface area contributed by atoms with Crippen molar-refractivity contribution < 1.29 is 4.79 Å². The van der Waals surface area contributed by atoms with E-state index >= 15 is 0 Å². The summed E-state index contributed by atoms with van der Waals surface area (Å²) >= 11 is 1.81. The Kier molecular flexibility index (Phi) is 3.25. The molecule has 5 nitrogen and oxygen atoms in total. The molecule has 0 radical (unpaired) electrons. The fourth-order valence-electron chi connectivity index (χ4n) is 3.31. The van der Waals surface area contributed by atoms with Crippen LogP contribution in [0.15, 0.2) is 6.33 Å². The summed E-state index contributed by atoms with van der Waals surface area (Å²) in [6.45, 7) is 1.91. The van der Waals surface area contributed by atoms with Crippen molar-refractivity contribution in [3.8, 4) is 0 Å². The van der Waals surface area contributed by atoms with Gasteiger partial charge < -0.3 is 10.2 Å². The summed E-state index contributed by atoms with van der Waals surface area (Å²) in [6.07, 6.45) is 7.74. The highest BCUT2D eigenvalue weighted by Gasteiger charge is 2.24. The highest BCUT2D eigenvalue weighted by atomic mass is 32.1. The predicted molar refractivity (Wildman–Crippen MR) is 83.9 cm³/mol. The van der Waals surface area contributed by atoms with Crippen LogP contribution >= 0.6 is 11.3 Å². The van der Waals surface area contributed by atoms with Crippen molar-refractivity contribution in [2.75, 3.05) is 24.5 Å². The molecule has 1 amide bonds. The van der Waals surface area contributed by atoms with Gasteiger partial charge in [0.2, 0.25) is 5.91 Å². The minimum atomic E-state index is 0.0781. The normalized spacial score (nSPS) is 19.2. The van der Waals surface area contributed by atoms with Crippen molar-refractivity contribution in [1.29, 1.82) is 0 Å². The Hall–Kier alpha value is -1.69. The lowest BCUT2D eigenvalue weighted by Crippen LogP contribution is -2.48. The summed E-state index contributed by atoms with van der Waals surface area (Å²) in [5.74, 6) is 1.03. The molecule has 110 valence electrons. The maximum absolute atomic E-state index is 11.7. The number of carbonyl (C=O) groups excluding carboxylic acids is 1. The number of hydrogen-bond acceptors (Lipinski definition) is 5. The molecular formula is C15H18N4OS. The number of nitrogens with one attached hydrogen (secondary N) is 1. The van der Waals surface area contributed by atoms with Crippen LogP contribution in [0.5, 0.6) is 0 Å². The highest BCUT2D eigenvalue weighted by Crippen LogP contribution is 2.38. The van der Waals surface area contributed by atoms with E-state index in [0.29, 0.717) is 13.1 Å². The SMILES string of the molecule is O=C1CN(c2ncnc3sc4c(c23)CCCCC4)CCN1. The molecule has 1 fully saturated rings. The predicted octanol–water partition coefficient (Wildman–Crippen LogP) is 1.90. The standard InChI is InChI=1S/C15H18N4OS/c20-12-8-19(7-6-16-12)14-13-10-4-2-1-3-5-11(10)21-15(13)18-9-17-14/h9H,1-8H2,(H,16,20). The Morgan fingerprint density at radius 2 is 2.10 bits per heavy atom. The molecule has 2 aromatic rings. The van der Waals surface area contributed by atoms with Crippen molar-refractivity contribution in [1.82, 2.24) is 15.3 Å². The number of piperazine rings is 1. The Labute approximate surface area is 127 Å². The second-order valence-electron chi connectivity index (χ2n) is 5.71. The van der Waals surface area contributed by atoms with Crippen LogP contribution in [0.25, 0.3) is 10.2 Å². The lowest BCUT2D eigenvalue weighted by Gasteiger charge is -2.28. The monoisotopic (exact) mass is 302 g/mol. The summed E-state index contributed by atoms with van der Waals surface area (Å²) in [5, 5.41) is 4.08. The Morgan fingerprint density at radius 1 is 1.19 bits per heavy atom. The fraction of sp³-hybridized carbons (Fsp3) is 0.533. The fourth-order valence-corrected chi connectivity index (χ4v) is 4.53. The van der Waals surface area contributed by atoms with Gasteiger partial charge in [-0.05, 0) is 31.2 Å². The van der Waals surface area contributed by atoms with Crippen molar-refractivity contribution in [2.24, 2.45) is 0 Å². The summed E-state index contributed by atoms with van der Waals surface area (Å²) < 4.78 is 0. The molecule has 1 saturated heterocycles. The third-order valence-corrected chi connectivity index (χ3v) is 5.52. The molecule has 1 aliphatic carbocycles. The molecule has 1 aliphatic heterocycles. The largest absolute Gasteiger partial charge is 0.353 e. The van der Waals surface area contributed by atoms with Crippen molar-refractivity contribution in [2.45, 2.75) is 32.1 Å². The van der Waals surface area contributed by atoms with Gasteiger partial charge >= 0.3 is 0 Å². The minimum Gasteiger partial charge on any atom is -0.353 e. The lowest BCUT2D eigenvalue weighted by atomic mass is 10.1. The van der Waals surface area contributed by atoms with Crippen LogP contribution in [0, 0.1) is 0 Å². The molecule has 1 N–H and O–H groups in total. The van der Waals surface area contributed by atoms with Gasteiger partial charge in [-0.25, -0.2) is 9.97 Å². The smallest absolute Gasteiger partial charge is 0.239 e. The molecule has 4 rings (SSSR count). The van der Waals surface area contributed by atoms with Gasteiger partial charge in [0.15, 0.2) is 0 Å². The Bertz CT molecular complexity index is 696. The number of aromatic nitrogens is 2. The summed E-state index contributed by atoms with van der Waals surface area (Å²) in [7, 11) is 0. The molecule has 0 aromatic carbocycles. The molecule has 0 bridgehead atoms. The average molecular weight is 302 g/mol. The van der Waals surface area contributed by atoms with Crippen molar-refractivity contribution in [3.63, 3.8) is 0 Å². The first-order valence-corrected chi connectivity index (χ1v) is 8.41. The van der Waals surface area contributed by atoms with E-state index in [2.05, 4.69) is 20.2 Å². The Morgan fingerprint density at radius 3 is 3.00 bits per heavy atom. The van der Waals surface area contributed by atoms with Crippen molar-refractivity contribution >= 4 is 33.3 Å².